The van der Waals surface area contributed by atoms with Crippen LogP contribution in [0.15, 0.2) is 43.0 Å². The zero-order chi connectivity index (χ0) is 20.1. The third-order valence-electron chi connectivity index (χ3n) is 5.59. The van der Waals surface area contributed by atoms with Gasteiger partial charge in [-0.1, -0.05) is 44.2 Å². The Labute approximate surface area is 161 Å². The number of ether oxygens (including phenoxy) is 1. The first kappa shape index (κ1) is 18.8. The van der Waals surface area contributed by atoms with E-state index < -0.39 is 36.1 Å². The fraction of sp³-hybridized carbons (Fsp3) is 0.421. The van der Waals surface area contributed by atoms with Crippen LogP contribution in [0.2, 0.25) is 0 Å². The lowest BCUT2D eigenvalue weighted by atomic mass is 9.73. The Bertz CT molecular complexity index is 994. The molecule has 1 aromatic carbocycles. The van der Waals surface area contributed by atoms with Gasteiger partial charge in [-0.15, -0.1) is 0 Å². The SMILES string of the molecule is CC(C)[C@@]1(O)[C@H](O)[C@@H](CO)O[C@@]1(c1ccccc1)n1cnc2c(N)ncnc21. The van der Waals surface area contributed by atoms with Gasteiger partial charge in [0.1, 0.15) is 29.7 Å². The normalized spacial score (nSPS) is 30.4. The standard InChI is InChI=1S/C19H23N5O4/c1-11(2)18(27)15(26)13(8-25)28-19(18,12-6-4-3-5-7-12)24-10-23-14-16(20)21-9-22-17(14)24/h3-7,9-11,13,15,25-27H,8H2,1-2H3,(H2,20,21,22)/t13-,15-,18-,19-/m1/s1. The maximum absolute atomic E-state index is 11.9. The lowest BCUT2D eigenvalue weighted by Crippen LogP contribution is -2.61. The lowest BCUT2D eigenvalue weighted by Gasteiger charge is -2.45. The van der Waals surface area contributed by atoms with Crippen LogP contribution < -0.4 is 5.73 Å². The summed E-state index contributed by atoms with van der Waals surface area (Å²) in [6.07, 6.45) is 0.402. The van der Waals surface area contributed by atoms with Gasteiger partial charge in [-0.05, 0) is 5.92 Å². The summed E-state index contributed by atoms with van der Waals surface area (Å²) >= 11 is 0. The van der Waals surface area contributed by atoms with E-state index in [-0.39, 0.29) is 5.82 Å². The Morgan fingerprint density at radius 2 is 1.93 bits per heavy atom. The van der Waals surface area contributed by atoms with E-state index >= 15 is 0 Å². The van der Waals surface area contributed by atoms with Gasteiger partial charge < -0.3 is 25.8 Å². The minimum Gasteiger partial charge on any atom is -0.394 e. The van der Waals surface area contributed by atoms with Crippen molar-refractivity contribution in [2.45, 2.75) is 37.4 Å². The molecule has 148 valence electrons. The number of imidazole rings is 1. The maximum Gasteiger partial charge on any atom is 0.206 e. The number of nitrogen functional groups attached to an aromatic ring is 1. The van der Waals surface area contributed by atoms with Crippen LogP contribution in [-0.4, -0.2) is 59.3 Å². The molecule has 4 rings (SSSR count). The van der Waals surface area contributed by atoms with Gasteiger partial charge in [0.05, 0.1) is 12.9 Å². The average molecular weight is 385 g/mol. The van der Waals surface area contributed by atoms with Gasteiger partial charge in [0, 0.05) is 5.56 Å². The Morgan fingerprint density at radius 3 is 2.57 bits per heavy atom. The molecule has 9 nitrogen and oxygen atoms in total. The molecule has 0 spiro atoms. The Morgan fingerprint density at radius 1 is 1.21 bits per heavy atom. The molecule has 4 atom stereocenters. The van der Waals surface area contributed by atoms with Gasteiger partial charge in [-0.2, -0.15) is 0 Å². The summed E-state index contributed by atoms with van der Waals surface area (Å²) in [5, 5.41) is 32.7. The van der Waals surface area contributed by atoms with E-state index in [9.17, 15) is 15.3 Å². The number of aliphatic hydroxyl groups excluding tert-OH is 2. The predicted molar refractivity (Wildman–Crippen MR) is 101 cm³/mol. The molecular formula is C19H23N5O4. The Hall–Kier alpha value is -2.59. The van der Waals surface area contributed by atoms with Crippen molar-refractivity contribution >= 4 is 17.0 Å². The van der Waals surface area contributed by atoms with Crippen LogP contribution >= 0.6 is 0 Å². The summed E-state index contributed by atoms with van der Waals surface area (Å²) in [6.45, 7) is 3.10. The molecule has 2 aromatic heterocycles. The second kappa shape index (κ2) is 6.49. The molecule has 0 bridgehead atoms. The number of rotatable bonds is 4. The molecule has 1 aliphatic rings. The number of aromatic nitrogens is 4. The van der Waals surface area contributed by atoms with Crippen LogP contribution in [0.25, 0.3) is 11.2 Å². The highest BCUT2D eigenvalue weighted by atomic mass is 16.6. The molecule has 0 radical (unpaired) electrons. The highest BCUT2D eigenvalue weighted by Crippen LogP contribution is 2.52. The number of hydrogen-bond donors (Lipinski definition) is 4. The molecule has 28 heavy (non-hydrogen) atoms. The number of fused-ring (bicyclic) bond motifs is 1. The van der Waals surface area contributed by atoms with Gasteiger partial charge in [-0.3, -0.25) is 4.57 Å². The number of benzene rings is 1. The molecule has 3 aromatic rings. The van der Waals surface area contributed by atoms with Gasteiger partial charge in [0.2, 0.25) is 5.72 Å². The van der Waals surface area contributed by atoms with Crippen molar-refractivity contribution in [3.8, 4) is 0 Å². The zero-order valence-electron chi connectivity index (χ0n) is 15.6. The monoisotopic (exact) mass is 385 g/mol. The van der Waals surface area contributed by atoms with E-state index in [0.29, 0.717) is 16.7 Å². The first-order chi connectivity index (χ1) is 13.4. The molecule has 3 heterocycles. The maximum atomic E-state index is 11.9. The van der Waals surface area contributed by atoms with Gasteiger partial charge in [-0.25, -0.2) is 15.0 Å². The summed E-state index contributed by atoms with van der Waals surface area (Å²) in [4.78, 5) is 12.6. The third-order valence-corrected chi connectivity index (χ3v) is 5.59. The average Bonchev–Trinajstić information content (AvgIpc) is 3.23. The first-order valence-electron chi connectivity index (χ1n) is 9.06. The number of hydrogen-bond acceptors (Lipinski definition) is 8. The number of aliphatic hydroxyl groups is 3. The Kier molecular flexibility index (Phi) is 4.35. The second-order valence-corrected chi connectivity index (χ2v) is 7.32. The summed E-state index contributed by atoms with van der Waals surface area (Å²) in [5.41, 5.74) is 3.84. The fourth-order valence-electron chi connectivity index (χ4n) is 4.17. The topological polar surface area (TPSA) is 140 Å². The summed E-state index contributed by atoms with van der Waals surface area (Å²) in [6, 6.07) is 9.03. The van der Waals surface area contributed by atoms with Crippen molar-refractivity contribution in [2.24, 2.45) is 5.92 Å². The van der Waals surface area contributed by atoms with Crippen molar-refractivity contribution in [1.82, 2.24) is 19.5 Å². The molecular weight excluding hydrogens is 362 g/mol. The first-order valence-corrected chi connectivity index (χ1v) is 9.06. The smallest absolute Gasteiger partial charge is 0.206 e. The minimum absolute atomic E-state index is 0.192. The van der Waals surface area contributed by atoms with Gasteiger partial charge in [0.25, 0.3) is 0 Å². The van der Waals surface area contributed by atoms with E-state index in [4.69, 9.17) is 10.5 Å². The van der Waals surface area contributed by atoms with Crippen molar-refractivity contribution in [3.05, 3.63) is 48.5 Å². The van der Waals surface area contributed by atoms with Crippen molar-refractivity contribution in [2.75, 3.05) is 12.3 Å². The van der Waals surface area contributed by atoms with Crippen LogP contribution in [0.4, 0.5) is 5.82 Å². The number of nitrogens with two attached hydrogens (primary N) is 1. The molecule has 1 fully saturated rings. The summed E-state index contributed by atoms with van der Waals surface area (Å²) < 4.78 is 7.80. The van der Waals surface area contributed by atoms with Crippen LogP contribution in [-0.2, 0) is 10.5 Å². The highest BCUT2D eigenvalue weighted by Gasteiger charge is 2.68. The van der Waals surface area contributed by atoms with E-state index in [1.807, 2.05) is 18.2 Å². The number of nitrogens with zero attached hydrogens (tertiary/aromatic N) is 4. The second-order valence-electron chi connectivity index (χ2n) is 7.32. The Balaban J connectivity index is 2.11. The fourth-order valence-corrected chi connectivity index (χ4v) is 4.17. The predicted octanol–water partition coefficient (Wildman–Crippen LogP) is 0.249. The highest BCUT2D eigenvalue weighted by molar-refractivity contribution is 5.81. The van der Waals surface area contributed by atoms with Crippen LogP contribution in [0.1, 0.15) is 19.4 Å². The minimum atomic E-state index is -1.80. The lowest BCUT2D eigenvalue weighted by molar-refractivity contribution is -0.188. The summed E-state index contributed by atoms with van der Waals surface area (Å²) in [7, 11) is 0. The van der Waals surface area contributed by atoms with Crippen molar-refractivity contribution < 1.29 is 20.1 Å². The molecule has 5 N–H and O–H groups in total. The third kappa shape index (κ3) is 2.24. The van der Waals surface area contributed by atoms with Crippen LogP contribution in [0.3, 0.4) is 0 Å². The molecule has 0 amide bonds. The zero-order valence-corrected chi connectivity index (χ0v) is 15.6. The van der Waals surface area contributed by atoms with E-state index in [2.05, 4.69) is 15.0 Å². The van der Waals surface area contributed by atoms with E-state index in [0.717, 1.165) is 0 Å². The van der Waals surface area contributed by atoms with Crippen LogP contribution in [0.5, 0.6) is 0 Å². The van der Waals surface area contributed by atoms with Gasteiger partial charge >= 0.3 is 0 Å². The molecule has 0 saturated carbocycles. The molecule has 0 unspecified atom stereocenters. The molecule has 1 aliphatic heterocycles. The van der Waals surface area contributed by atoms with Gasteiger partial charge in [0.15, 0.2) is 11.5 Å². The molecule has 9 heteroatoms. The van der Waals surface area contributed by atoms with Crippen molar-refractivity contribution in [3.63, 3.8) is 0 Å². The largest absolute Gasteiger partial charge is 0.394 e. The number of anilines is 1. The molecule has 1 saturated heterocycles. The molecule has 0 aliphatic carbocycles. The van der Waals surface area contributed by atoms with E-state index in [1.54, 1.807) is 30.5 Å². The van der Waals surface area contributed by atoms with Crippen LogP contribution in [0, 0.1) is 5.92 Å². The quantitative estimate of drug-likeness (QED) is 0.501. The summed E-state index contributed by atoms with van der Waals surface area (Å²) in [5.74, 6) is -0.256. The van der Waals surface area contributed by atoms with E-state index in [1.165, 1.54) is 12.7 Å². The van der Waals surface area contributed by atoms with Crippen molar-refractivity contribution in [1.29, 1.82) is 0 Å².